The molecule has 1 aliphatic rings. The number of benzene rings is 20. The molecule has 0 amide bonds. The number of nitrogens with zero attached hydrogens (tertiary/aromatic N) is 4. The van der Waals surface area contributed by atoms with E-state index in [1.54, 1.807) is 0 Å². The van der Waals surface area contributed by atoms with Gasteiger partial charge in [-0.3, -0.25) is 0 Å². The van der Waals surface area contributed by atoms with E-state index < -0.39 is 18.3 Å². The van der Waals surface area contributed by atoms with E-state index in [1.807, 2.05) is 48.5 Å². The lowest BCUT2D eigenvalue weighted by molar-refractivity contribution is 0.00578. The molecule has 0 atom stereocenters. The molecule has 0 spiro atoms. The van der Waals surface area contributed by atoms with Gasteiger partial charge in [0.2, 0.25) is 0 Å². The third-order valence-corrected chi connectivity index (χ3v) is 29.3. The van der Waals surface area contributed by atoms with Crippen LogP contribution in [0.25, 0.3) is 253 Å². The molecule has 1 saturated heterocycles. The van der Waals surface area contributed by atoms with Crippen molar-refractivity contribution in [1.82, 2.24) is 18.3 Å². The number of aromatic nitrogens is 4. The molecule has 28 aromatic rings. The van der Waals surface area contributed by atoms with Gasteiger partial charge in [-0.25, -0.2) is 0 Å². The minimum absolute atomic E-state index is 0.395. The molecule has 654 valence electrons. The summed E-state index contributed by atoms with van der Waals surface area (Å²) in [4.78, 5) is 0. The van der Waals surface area contributed by atoms with E-state index in [1.165, 1.54) is 115 Å². The second kappa shape index (κ2) is 31.7. The van der Waals surface area contributed by atoms with Crippen LogP contribution in [0.2, 0.25) is 0 Å². The normalized spacial score (nSPS) is 13.3. The summed E-state index contributed by atoms with van der Waals surface area (Å²) in [5.41, 5.74) is 33.2. The molecular weight excluding hydrogens is 1760 g/mol. The van der Waals surface area contributed by atoms with Crippen LogP contribution in [-0.2, 0) is 9.31 Å². The Labute approximate surface area is 801 Å². The number of para-hydroxylation sites is 8. The predicted molar refractivity (Wildman–Crippen MR) is 576 cm³/mol. The van der Waals surface area contributed by atoms with E-state index in [-0.39, 0.29) is 0 Å². The van der Waals surface area contributed by atoms with Crippen molar-refractivity contribution >= 4 is 203 Å². The Morgan fingerprint density at radius 1 is 0.181 bits per heavy atom. The molecule has 0 bridgehead atoms. The molecule has 0 N–H and O–H groups in total. The summed E-state index contributed by atoms with van der Waals surface area (Å²) in [6, 6.07) is 156. The number of fused-ring (bicyclic) bond motifs is 24. The van der Waals surface area contributed by atoms with Crippen molar-refractivity contribution in [3.05, 3.63) is 441 Å². The molecule has 20 aromatic carbocycles. The highest BCUT2D eigenvalue weighted by Gasteiger charge is 2.52. The van der Waals surface area contributed by atoms with Crippen LogP contribution in [0.4, 0.5) is 0 Å². The van der Waals surface area contributed by atoms with Crippen molar-refractivity contribution in [2.75, 3.05) is 0 Å². The van der Waals surface area contributed by atoms with E-state index in [0.717, 1.165) is 148 Å². The van der Waals surface area contributed by atoms with Crippen molar-refractivity contribution in [2.45, 2.75) is 38.9 Å². The van der Waals surface area contributed by atoms with Crippen molar-refractivity contribution in [3.8, 4) is 78.4 Å². The van der Waals surface area contributed by atoms with Gasteiger partial charge in [0, 0.05) is 113 Å². The fourth-order valence-corrected chi connectivity index (χ4v) is 21.7. The Balaban J connectivity index is 0.000000112. The SMILES string of the molecule is Brc1ccc2c(c1)c1cc(-c3ccc4oc5ccccc5c4c3)ccc1n2-c1ccccc1.CC1(C)OB(c2ccc3c(c2)c2cc(-c4ccc5oc6ccccc6c5c4)ccc2n3-c2ccccc2)OC1(C)C.c1ccc(-n2c3ccc(-c4ccc5oc6ccccc6c5c4)cc3c3cc(-c4ccc5c(c4)c4cc(-c6ccc7oc8ccccc8c7c6)ccc4n5-c4ccccc4)ccc32)cc1. The summed E-state index contributed by atoms with van der Waals surface area (Å²) in [6.07, 6.45) is 0. The maximum Gasteiger partial charge on any atom is 0.494 e. The summed E-state index contributed by atoms with van der Waals surface area (Å²) in [6.45, 7) is 8.39. The number of furan rings is 4. The topological polar surface area (TPSA) is 90.7 Å². The van der Waals surface area contributed by atoms with Gasteiger partial charge in [-0.1, -0.05) is 234 Å². The second-order valence-electron chi connectivity index (χ2n) is 37.3. The zero-order valence-corrected chi connectivity index (χ0v) is 77.3. The van der Waals surface area contributed by atoms with Crippen LogP contribution in [0.5, 0.6) is 0 Å². The molecule has 12 heteroatoms. The zero-order chi connectivity index (χ0) is 91.8. The van der Waals surface area contributed by atoms with Gasteiger partial charge in [0.1, 0.15) is 44.7 Å². The third kappa shape index (κ3) is 13.3. The van der Waals surface area contributed by atoms with E-state index in [9.17, 15) is 0 Å². The first-order chi connectivity index (χ1) is 67.7. The smallest absolute Gasteiger partial charge is 0.456 e. The maximum absolute atomic E-state index is 6.43. The number of rotatable bonds is 10. The minimum atomic E-state index is -0.417. The van der Waals surface area contributed by atoms with Crippen LogP contribution in [0.1, 0.15) is 27.7 Å². The molecule has 10 nitrogen and oxygen atoms in total. The van der Waals surface area contributed by atoms with Crippen molar-refractivity contribution in [3.63, 3.8) is 0 Å². The quantitative estimate of drug-likeness (QED) is 0.127. The predicted octanol–water partition coefficient (Wildman–Crippen LogP) is 34.4. The number of hydrogen-bond donors (Lipinski definition) is 0. The van der Waals surface area contributed by atoms with Crippen molar-refractivity contribution < 1.29 is 27.0 Å². The summed E-state index contributed by atoms with van der Waals surface area (Å²) in [5, 5.41) is 18.8. The average molecular weight is 1840 g/mol. The fraction of sp³-hybridized carbons (Fsp3) is 0.0476. The molecule has 8 aromatic heterocycles. The van der Waals surface area contributed by atoms with E-state index in [0.29, 0.717) is 0 Å². The van der Waals surface area contributed by atoms with Gasteiger partial charge in [-0.05, 0) is 307 Å². The van der Waals surface area contributed by atoms with Crippen molar-refractivity contribution in [1.29, 1.82) is 0 Å². The standard InChI is InChI=1S/C60H36N2O2.C36H30BNO3.C30H18BrNO/c1-3-11-43(12-4-1)61-53-25-19-37(31-47(53)49-33-39(21-27-55(49)61)41-23-29-59-51(35-41)45-15-7-9-17-57(45)63-59)38-20-26-54-48(32-38)50-34-40(22-28-56(50)62(54)44-13-5-2-6-14-44)42-24-30-60-52(36-42)46-16-8-10-18-58(46)64-60;1-35(2)36(3,4)41-37(40-35)25-16-18-32-29(22-25)28-20-23(14-17-31(28)38(32)26-10-6-5-7-11-26)24-15-19-34-30(21-24)27-12-8-9-13-33(27)39-34;31-21-12-14-28-25(18-21)24-16-19(10-13-27(24)32(28)22-6-2-1-3-7-22)20-11-15-30-26(17-20)23-8-4-5-9-29(23)33-30/h1-36H;5-22H,1-4H3;1-18H. The van der Waals surface area contributed by atoms with Crippen molar-refractivity contribution in [2.24, 2.45) is 0 Å². The van der Waals surface area contributed by atoms with E-state index in [2.05, 4.69) is 450 Å². The first kappa shape index (κ1) is 80.9. The summed E-state index contributed by atoms with van der Waals surface area (Å²) < 4.78 is 47.9. The Bertz CT molecular complexity index is 9550. The van der Waals surface area contributed by atoms with Crippen LogP contribution < -0.4 is 5.46 Å². The van der Waals surface area contributed by atoms with Gasteiger partial charge >= 0.3 is 7.12 Å². The number of halogens is 1. The van der Waals surface area contributed by atoms with Gasteiger partial charge in [0.25, 0.3) is 0 Å². The van der Waals surface area contributed by atoms with Gasteiger partial charge in [0.15, 0.2) is 0 Å². The molecule has 1 aliphatic heterocycles. The average Bonchev–Trinajstić information content (AvgIpc) is 1.63. The monoisotopic (exact) mass is 1840 g/mol. The highest BCUT2D eigenvalue weighted by atomic mass is 79.9. The lowest BCUT2D eigenvalue weighted by Crippen LogP contribution is -2.41. The second-order valence-corrected chi connectivity index (χ2v) is 38.3. The molecule has 9 heterocycles. The maximum atomic E-state index is 6.43. The molecular formula is C126H84BBrN4O6. The van der Waals surface area contributed by atoms with Gasteiger partial charge in [0.05, 0.1) is 55.3 Å². The Kier molecular flexibility index (Phi) is 18.6. The third-order valence-electron chi connectivity index (χ3n) is 28.8. The van der Waals surface area contributed by atoms with Crippen LogP contribution in [0, 0.1) is 0 Å². The lowest BCUT2D eigenvalue weighted by atomic mass is 9.78. The van der Waals surface area contributed by atoms with Crippen LogP contribution in [0.3, 0.4) is 0 Å². The summed E-state index contributed by atoms with van der Waals surface area (Å²) >= 11 is 3.67. The van der Waals surface area contributed by atoms with Crippen LogP contribution in [0.15, 0.2) is 459 Å². The molecule has 1 fully saturated rings. The van der Waals surface area contributed by atoms with Gasteiger partial charge < -0.3 is 45.2 Å². The van der Waals surface area contributed by atoms with Crippen LogP contribution >= 0.6 is 15.9 Å². The molecule has 0 unspecified atom stereocenters. The van der Waals surface area contributed by atoms with E-state index >= 15 is 0 Å². The van der Waals surface area contributed by atoms with Gasteiger partial charge in [-0.2, -0.15) is 0 Å². The Morgan fingerprint density at radius 3 is 0.638 bits per heavy atom. The Hall–Kier alpha value is -16.7. The fourth-order valence-electron chi connectivity index (χ4n) is 21.3. The van der Waals surface area contributed by atoms with E-state index in [4.69, 9.17) is 27.0 Å². The molecule has 138 heavy (non-hydrogen) atoms. The first-order valence-electron chi connectivity index (χ1n) is 47.0. The highest BCUT2D eigenvalue weighted by molar-refractivity contribution is 9.10. The first-order valence-corrected chi connectivity index (χ1v) is 47.8. The highest BCUT2D eigenvalue weighted by Crippen LogP contribution is 2.47. The summed E-state index contributed by atoms with van der Waals surface area (Å²) in [7, 11) is -0.417. The largest absolute Gasteiger partial charge is 0.494 e. The van der Waals surface area contributed by atoms with Gasteiger partial charge in [-0.15, -0.1) is 0 Å². The molecule has 0 saturated carbocycles. The van der Waals surface area contributed by atoms with Crippen LogP contribution in [-0.4, -0.2) is 36.6 Å². The zero-order valence-electron chi connectivity index (χ0n) is 75.8. The molecule has 29 rings (SSSR count). The Morgan fingerprint density at radius 2 is 0.377 bits per heavy atom. The molecule has 0 radical (unpaired) electrons. The summed E-state index contributed by atoms with van der Waals surface area (Å²) in [5.74, 6) is 0. The minimum Gasteiger partial charge on any atom is -0.456 e. The number of hydrogen-bond acceptors (Lipinski definition) is 6. The molecule has 0 aliphatic carbocycles. The lowest BCUT2D eigenvalue weighted by Gasteiger charge is -2.32.